The molecule has 1 aromatic rings. The average molecular weight is 293 g/mol. The van der Waals surface area contributed by atoms with Gasteiger partial charge in [0.2, 0.25) is 0 Å². The van der Waals surface area contributed by atoms with Crippen molar-refractivity contribution in [3.63, 3.8) is 0 Å². The molecular weight excluding hydrogens is 278 g/mol. The number of ether oxygens (including phenoxy) is 1. The lowest BCUT2D eigenvalue weighted by molar-refractivity contribution is -0.121. The van der Waals surface area contributed by atoms with Crippen molar-refractivity contribution in [3.05, 3.63) is 34.7 Å². The van der Waals surface area contributed by atoms with Gasteiger partial charge in [0, 0.05) is 6.54 Å². The van der Waals surface area contributed by atoms with Crippen LogP contribution >= 0.6 is 24.0 Å². The molecule has 0 bridgehead atoms. The smallest absolute Gasteiger partial charge is 0.266 e. The number of benzene rings is 1. The Kier molecular flexibility index (Phi) is 4.61. The molecule has 0 aromatic heterocycles. The molecule has 1 aromatic carbocycles. The number of rotatable bonds is 4. The highest BCUT2D eigenvalue weighted by atomic mass is 32.2. The summed E-state index contributed by atoms with van der Waals surface area (Å²) < 4.78 is 6.01. The molecule has 1 amide bonds. The van der Waals surface area contributed by atoms with E-state index in [1.54, 1.807) is 4.90 Å². The zero-order chi connectivity index (χ0) is 13.8. The Labute approximate surface area is 122 Å². The number of amides is 1. The van der Waals surface area contributed by atoms with Crippen LogP contribution in [0.25, 0.3) is 6.08 Å². The van der Waals surface area contributed by atoms with Crippen molar-refractivity contribution in [3.8, 4) is 5.75 Å². The van der Waals surface area contributed by atoms with E-state index < -0.39 is 0 Å². The van der Waals surface area contributed by atoms with Crippen molar-refractivity contribution in [2.24, 2.45) is 0 Å². The van der Waals surface area contributed by atoms with Gasteiger partial charge >= 0.3 is 0 Å². The van der Waals surface area contributed by atoms with Crippen LogP contribution in [-0.2, 0) is 4.79 Å². The minimum Gasteiger partial charge on any atom is -0.494 e. The third-order valence-corrected chi connectivity index (χ3v) is 4.06. The van der Waals surface area contributed by atoms with E-state index in [1.807, 2.05) is 44.2 Å². The lowest BCUT2D eigenvalue weighted by Crippen LogP contribution is -2.27. The fraction of sp³-hybridized carbons (Fsp3) is 0.286. The molecule has 0 spiro atoms. The second-order valence-electron chi connectivity index (χ2n) is 3.93. The third kappa shape index (κ3) is 3.16. The standard InChI is InChI=1S/C14H15NO2S2/c1-3-15-13(16)12(19-14(15)18)9-10-5-7-11(8-6-10)17-4-2/h5-9H,3-4H2,1-2H3/b12-9+. The van der Waals surface area contributed by atoms with Crippen LogP contribution in [0.5, 0.6) is 5.75 Å². The molecule has 0 N–H and O–H groups in total. The number of hydrogen-bond donors (Lipinski definition) is 0. The summed E-state index contributed by atoms with van der Waals surface area (Å²) >= 11 is 6.53. The van der Waals surface area contributed by atoms with Crippen LogP contribution in [0.3, 0.4) is 0 Å². The van der Waals surface area contributed by atoms with Gasteiger partial charge in [-0.25, -0.2) is 0 Å². The molecule has 3 nitrogen and oxygen atoms in total. The molecule has 100 valence electrons. The van der Waals surface area contributed by atoms with Gasteiger partial charge in [0.05, 0.1) is 11.5 Å². The number of likely N-dealkylation sites (N-methyl/N-ethyl adjacent to an activating group) is 1. The van der Waals surface area contributed by atoms with E-state index in [4.69, 9.17) is 17.0 Å². The molecule has 19 heavy (non-hydrogen) atoms. The summed E-state index contributed by atoms with van der Waals surface area (Å²) in [5.74, 6) is 0.826. The van der Waals surface area contributed by atoms with Crippen molar-refractivity contribution >= 4 is 40.3 Å². The highest BCUT2D eigenvalue weighted by molar-refractivity contribution is 8.26. The van der Waals surface area contributed by atoms with E-state index in [-0.39, 0.29) is 5.91 Å². The van der Waals surface area contributed by atoms with Crippen molar-refractivity contribution in [1.29, 1.82) is 0 Å². The summed E-state index contributed by atoms with van der Waals surface area (Å²) in [5.41, 5.74) is 0.972. The maximum absolute atomic E-state index is 12.0. The van der Waals surface area contributed by atoms with E-state index >= 15 is 0 Å². The Bertz CT molecular complexity index is 523. The van der Waals surface area contributed by atoms with Crippen LogP contribution in [0.4, 0.5) is 0 Å². The molecule has 1 aliphatic rings. The van der Waals surface area contributed by atoms with Gasteiger partial charge in [-0.3, -0.25) is 9.69 Å². The van der Waals surface area contributed by atoms with Crippen molar-refractivity contribution in [1.82, 2.24) is 4.90 Å². The lowest BCUT2D eigenvalue weighted by Gasteiger charge is -2.09. The van der Waals surface area contributed by atoms with Crippen LogP contribution in [-0.4, -0.2) is 28.3 Å². The number of thioether (sulfide) groups is 1. The van der Waals surface area contributed by atoms with E-state index in [2.05, 4.69) is 0 Å². The fourth-order valence-corrected chi connectivity index (χ4v) is 3.14. The first-order valence-electron chi connectivity index (χ1n) is 6.14. The normalized spacial score (nSPS) is 17.4. The fourth-order valence-electron chi connectivity index (χ4n) is 1.75. The van der Waals surface area contributed by atoms with Crippen LogP contribution in [0, 0.1) is 0 Å². The van der Waals surface area contributed by atoms with Crippen molar-refractivity contribution < 1.29 is 9.53 Å². The average Bonchev–Trinajstić information content (AvgIpc) is 2.67. The van der Waals surface area contributed by atoms with Crippen LogP contribution in [0.2, 0.25) is 0 Å². The van der Waals surface area contributed by atoms with Gasteiger partial charge in [-0.15, -0.1) is 0 Å². The first-order valence-corrected chi connectivity index (χ1v) is 7.36. The first kappa shape index (κ1) is 14.1. The third-order valence-electron chi connectivity index (χ3n) is 2.68. The topological polar surface area (TPSA) is 29.5 Å². The second-order valence-corrected chi connectivity index (χ2v) is 5.60. The summed E-state index contributed by atoms with van der Waals surface area (Å²) in [6.45, 7) is 5.13. The molecule has 1 heterocycles. The Balaban J connectivity index is 2.18. The molecule has 1 fully saturated rings. The Morgan fingerprint density at radius 1 is 1.32 bits per heavy atom. The van der Waals surface area contributed by atoms with Crippen molar-refractivity contribution in [2.45, 2.75) is 13.8 Å². The predicted octanol–water partition coefficient (Wildman–Crippen LogP) is 3.31. The Hall–Kier alpha value is -1.33. The summed E-state index contributed by atoms with van der Waals surface area (Å²) in [6.07, 6.45) is 1.87. The van der Waals surface area contributed by atoms with E-state index in [9.17, 15) is 4.79 Å². The predicted molar refractivity (Wildman–Crippen MR) is 83.2 cm³/mol. The number of nitrogens with zero attached hydrogens (tertiary/aromatic N) is 1. The molecule has 0 unspecified atom stereocenters. The maximum atomic E-state index is 12.0. The molecule has 0 saturated carbocycles. The summed E-state index contributed by atoms with van der Waals surface area (Å²) in [7, 11) is 0. The van der Waals surface area contributed by atoms with Gasteiger partial charge in [0.1, 0.15) is 10.1 Å². The van der Waals surface area contributed by atoms with E-state index in [0.29, 0.717) is 22.4 Å². The highest BCUT2D eigenvalue weighted by Crippen LogP contribution is 2.32. The van der Waals surface area contributed by atoms with Gasteiger partial charge in [0.15, 0.2) is 0 Å². The number of thiocarbonyl (C=S) groups is 1. The largest absolute Gasteiger partial charge is 0.494 e. The van der Waals surface area contributed by atoms with Gasteiger partial charge in [-0.05, 0) is 37.6 Å². The van der Waals surface area contributed by atoms with Gasteiger partial charge in [-0.2, -0.15) is 0 Å². The van der Waals surface area contributed by atoms with Gasteiger partial charge in [-0.1, -0.05) is 36.1 Å². The lowest BCUT2D eigenvalue weighted by atomic mass is 10.2. The quantitative estimate of drug-likeness (QED) is 0.629. The Morgan fingerprint density at radius 3 is 2.53 bits per heavy atom. The minimum absolute atomic E-state index is 0.00798. The molecule has 1 aliphatic heterocycles. The number of carbonyl (C=O) groups excluding carboxylic acids is 1. The Morgan fingerprint density at radius 2 is 2.00 bits per heavy atom. The number of hydrogen-bond acceptors (Lipinski definition) is 4. The maximum Gasteiger partial charge on any atom is 0.266 e. The highest BCUT2D eigenvalue weighted by Gasteiger charge is 2.30. The van der Waals surface area contributed by atoms with E-state index in [0.717, 1.165) is 11.3 Å². The van der Waals surface area contributed by atoms with E-state index in [1.165, 1.54) is 11.8 Å². The summed E-state index contributed by atoms with van der Waals surface area (Å²) in [5, 5.41) is 0. The molecule has 0 aliphatic carbocycles. The molecule has 0 radical (unpaired) electrons. The van der Waals surface area contributed by atoms with Crippen LogP contribution in [0.1, 0.15) is 19.4 Å². The molecule has 5 heteroatoms. The SMILES string of the molecule is CCOc1ccc(/C=C2/SC(=S)N(CC)C2=O)cc1. The summed E-state index contributed by atoms with van der Waals surface area (Å²) in [4.78, 5) is 14.3. The zero-order valence-corrected chi connectivity index (χ0v) is 12.5. The molecular formula is C14H15NO2S2. The monoisotopic (exact) mass is 293 g/mol. The summed E-state index contributed by atoms with van der Waals surface area (Å²) in [6, 6.07) is 7.67. The van der Waals surface area contributed by atoms with Crippen LogP contribution in [0.15, 0.2) is 29.2 Å². The van der Waals surface area contributed by atoms with Gasteiger partial charge in [0.25, 0.3) is 5.91 Å². The second kappa shape index (κ2) is 6.21. The zero-order valence-electron chi connectivity index (χ0n) is 10.9. The van der Waals surface area contributed by atoms with Gasteiger partial charge < -0.3 is 4.74 Å². The number of carbonyl (C=O) groups is 1. The molecule has 1 saturated heterocycles. The first-order chi connectivity index (χ1) is 9.15. The molecule has 2 rings (SSSR count). The minimum atomic E-state index is -0.00798. The van der Waals surface area contributed by atoms with Crippen molar-refractivity contribution in [2.75, 3.05) is 13.2 Å². The molecule has 0 atom stereocenters. The van der Waals surface area contributed by atoms with Crippen LogP contribution < -0.4 is 4.74 Å².